The molecule has 0 aromatic carbocycles. The van der Waals surface area contributed by atoms with Crippen molar-refractivity contribution in [3.05, 3.63) is 0 Å². The third kappa shape index (κ3) is 7.44. The predicted molar refractivity (Wildman–Crippen MR) is 54.4 cm³/mol. The first-order chi connectivity index (χ1) is 6.93. The first kappa shape index (κ1) is 13.4. The second-order valence-electron chi connectivity index (χ2n) is 3.13. The number of carboxylic acid groups (broad SMARTS) is 1. The highest BCUT2D eigenvalue weighted by Gasteiger charge is 2.15. The van der Waals surface area contributed by atoms with Gasteiger partial charge in [0, 0.05) is 6.54 Å². The predicted octanol–water partition coefficient (Wildman–Crippen LogP) is -1.38. The van der Waals surface area contributed by atoms with E-state index in [4.69, 9.17) is 22.0 Å². The molecule has 86 valence electrons. The van der Waals surface area contributed by atoms with Crippen LogP contribution in [0.15, 0.2) is 0 Å². The number of carbonyl (C=O) groups excluding carboxylic acids is 1. The molecule has 0 saturated carbocycles. The number of carbonyl (C=O) groups is 2. The van der Waals surface area contributed by atoms with E-state index in [1.807, 2.05) is 0 Å². The molecular formula is C8H16N4O3. The van der Waals surface area contributed by atoms with Gasteiger partial charge in [-0.1, -0.05) is 0 Å². The van der Waals surface area contributed by atoms with Crippen LogP contribution in [0.25, 0.3) is 0 Å². The number of aliphatic carboxylic acids is 1. The van der Waals surface area contributed by atoms with Gasteiger partial charge in [-0.2, -0.15) is 0 Å². The van der Waals surface area contributed by atoms with Gasteiger partial charge in [0.1, 0.15) is 6.42 Å². The van der Waals surface area contributed by atoms with Crippen LogP contribution in [0.3, 0.4) is 0 Å². The van der Waals surface area contributed by atoms with Gasteiger partial charge in [0.15, 0.2) is 11.7 Å². The van der Waals surface area contributed by atoms with Gasteiger partial charge in [-0.15, -0.1) is 0 Å². The van der Waals surface area contributed by atoms with Gasteiger partial charge in [-0.05, 0) is 12.8 Å². The first-order valence-corrected chi connectivity index (χ1v) is 4.51. The quantitative estimate of drug-likeness (QED) is 0.154. The smallest absolute Gasteiger partial charge is 0.310 e. The van der Waals surface area contributed by atoms with Gasteiger partial charge in [0.2, 0.25) is 0 Å². The Labute approximate surface area is 87.3 Å². The van der Waals surface area contributed by atoms with Crippen LogP contribution in [-0.2, 0) is 9.59 Å². The summed E-state index contributed by atoms with van der Waals surface area (Å²) in [4.78, 5) is 21.3. The zero-order valence-corrected chi connectivity index (χ0v) is 8.32. The Morgan fingerprint density at radius 3 is 2.53 bits per heavy atom. The van der Waals surface area contributed by atoms with E-state index in [1.165, 1.54) is 0 Å². The molecule has 7 heteroatoms. The van der Waals surface area contributed by atoms with Crippen molar-refractivity contribution in [1.82, 2.24) is 5.32 Å². The summed E-state index contributed by atoms with van der Waals surface area (Å²) in [5.41, 5.74) is 10.5. The van der Waals surface area contributed by atoms with E-state index in [-0.39, 0.29) is 5.96 Å². The maximum Gasteiger partial charge on any atom is 0.310 e. The van der Waals surface area contributed by atoms with E-state index < -0.39 is 24.2 Å². The van der Waals surface area contributed by atoms with Crippen molar-refractivity contribution in [2.45, 2.75) is 25.3 Å². The van der Waals surface area contributed by atoms with E-state index in [0.717, 1.165) is 0 Å². The molecule has 0 rings (SSSR count). The lowest BCUT2D eigenvalue weighted by Crippen LogP contribution is -2.35. The summed E-state index contributed by atoms with van der Waals surface area (Å²) in [6, 6.07) is -0.755. The summed E-state index contributed by atoms with van der Waals surface area (Å²) in [5.74, 6) is -1.79. The number of hydrogen-bond donors (Lipinski definition) is 5. The third-order valence-electron chi connectivity index (χ3n) is 1.75. The highest BCUT2D eigenvalue weighted by atomic mass is 16.4. The molecule has 0 aromatic heterocycles. The fraction of sp³-hybridized carbons (Fsp3) is 0.625. The second kappa shape index (κ2) is 6.77. The minimum Gasteiger partial charge on any atom is -0.481 e. The Bertz CT molecular complexity index is 254. The molecule has 0 unspecified atom stereocenters. The summed E-state index contributed by atoms with van der Waals surface area (Å²) in [6.07, 6.45) is 0.403. The molecular weight excluding hydrogens is 200 g/mol. The molecule has 7 N–H and O–H groups in total. The number of guanidine groups is 1. The standard InChI is InChI=1S/C8H16N4O3/c9-5(6(13)4-7(14)15)2-1-3-12-8(10)11/h5H,1-4,9H2,(H,14,15)(H4,10,11,12)/t5-/m0/s1. The summed E-state index contributed by atoms with van der Waals surface area (Å²) < 4.78 is 0. The van der Waals surface area contributed by atoms with Gasteiger partial charge < -0.3 is 21.9 Å². The fourth-order valence-corrected chi connectivity index (χ4v) is 0.986. The molecule has 15 heavy (non-hydrogen) atoms. The van der Waals surface area contributed by atoms with Crippen LogP contribution in [0.4, 0.5) is 0 Å². The molecule has 0 fully saturated rings. The number of hydrogen-bond acceptors (Lipinski definition) is 4. The summed E-state index contributed by atoms with van der Waals surface area (Å²) >= 11 is 0. The topological polar surface area (TPSA) is 142 Å². The highest BCUT2D eigenvalue weighted by molar-refractivity contribution is 5.97. The van der Waals surface area contributed by atoms with Crippen molar-refractivity contribution in [3.8, 4) is 0 Å². The molecule has 0 aromatic rings. The fourth-order valence-electron chi connectivity index (χ4n) is 0.986. The molecule has 0 saturated heterocycles. The van der Waals surface area contributed by atoms with Gasteiger partial charge in [-0.3, -0.25) is 15.0 Å². The Morgan fingerprint density at radius 1 is 1.47 bits per heavy atom. The molecule has 0 radical (unpaired) electrons. The van der Waals surface area contributed by atoms with Crippen molar-refractivity contribution in [1.29, 1.82) is 5.41 Å². The van der Waals surface area contributed by atoms with Gasteiger partial charge >= 0.3 is 5.97 Å². The van der Waals surface area contributed by atoms with E-state index >= 15 is 0 Å². The molecule has 0 aliphatic heterocycles. The largest absolute Gasteiger partial charge is 0.481 e. The number of rotatable bonds is 7. The number of nitrogens with two attached hydrogens (primary N) is 2. The van der Waals surface area contributed by atoms with E-state index in [2.05, 4.69) is 5.32 Å². The van der Waals surface area contributed by atoms with Crippen LogP contribution in [0.5, 0.6) is 0 Å². The lowest BCUT2D eigenvalue weighted by Gasteiger charge is -2.09. The van der Waals surface area contributed by atoms with Crippen LogP contribution < -0.4 is 16.8 Å². The van der Waals surface area contributed by atoms with Crippen molar-refractivity contribution in [3.63, 3.8) is 0 Å². The summed E-state index contributed by atoms with van der Waals surface area (Å²) in [6.45, 7) is 0.448. The second-order valence-corrected chi connectivity index (χ2v) is 3.13. The molecule has 7 nitrogen and oxygen atoms in total. The Hall–Kier alpha value is -1.63. The molecule has 0 aliphatic carbocycles. The monoisotopic (exact) mass is 216 g/mol. The van der Waals surface area contributed by atoms with E-state index in [0.29, 0.717) is 19.4 Å². The number of Topliss-reactive ketones (excluding diaryl/α,β-unsaturated/α-hetero) is 1. The van der Waals surface area contributed by atoms with Gasteiger partial charge in [-0.25, -0.2) is 0 Å². The lowest BCUT2D eigenvalue weighted by molar-refractivity contribution is -0.140. The number of carboxylic acids is 1. The van der Waals surface area contributed by atoms with Crippen molar-refractivity contribution < 1.29 is 14.7 Å². The minimum absolute atomic E-state index is 0.138. The number of ketones is 1. The maximum absolute atomic E-state index is 11.1. The van der Waals surface area contributed by atoms with Crippen molar-refractivity contribution in [2.24, 2.45) is 11.5 Å². The Morgan fingerprint density at radius 2 is 2.07 bits per heavy atom. The Balaban J connectivity index is 3.64. The molecule has 0 amide bonds. The Kier molecular flexibility index (Phi) is 6.03. The van der Waals surface area contributed by atoms with Gasteiger partial charge in [0.25, 0.3) is 0 Å². The number of nitrogens with one attached hydrogen (secondary N) is 2. The molecule has 1 atom stereocenters. The molecule has 0 heterocycles. The average Bonchev–Trinajstić information content (AvgIpc) is 2.10. The SMILES string of the molecule is N=C(N)NCCC[C@H](N)C(=O)CC(=O)O. The van der Waals surface area contributed by atoms with E-state index in [1.54, 1.807) is 0 Å². The normalized spacial score (nSPS) is 11.8. The highest BCUT2D eigenvalue weighted by Crippen LogP contribution is 1.98. The van der Waals surface area contributed by atoms with Crippen molar-refractivity contribution >= 4 is 17.7 Å². The first-order valence-electron chi connectivity index (χ1n) is 4.51. The zero-order valence-electron chi connectivity index (χ0n) is 8.32. The van der Waals surface area contributed by atoms with E-state index in [9.17, 15) is 9.59 Å². The van der Waals surface area contributed by atoms with Crippen LogP contribution in [-0.4, -0.2) is 35.4 Å². The maximum atomic E-state index is 11.1. The summed E-state index contributed by atoms with van der Waals surface area (Å²) in [7, 11) is 0. The van der Waals surface area contributed by atoms with Crippen LogP contribution >= 0.6 is 0 Å². The summed E-state index contributed by atoms with van der Waals surface area (Å²) in [5, 5.41) is 17.8. The molecule has 0 spiro atoms. The average molecular weight is 216 g/mol. The molecule has 0 aliphatic rings. The molecule has 0 bridgehead atoms. The third-order valence-corrected chi connectivity index (χ3v) is 1.75. The van der Waals surface area contributed by atoms with Crippen molar-refractivity contribution in [2.75, 3.05) is 6.54 Å². The zero-order chi connectivity index (χ0) is 11.8. The minimum atomic E-state index is -1.17. The van der Waals surface area contributed by atoms with Crippen LogP contribution in [0.1, 0.15) is 19.3 Å². The van der Waals surface area contributed by atoms with Crippen LogP contribution in [0, 0.1) is 5.41 Å². The van der Waals surface area contributed by atoms with Crippen LogP contribution in [0.2, 0.25) is 0 Å². The lowest BCUT2D eigenvalue weighted by atomic mass is 10.1. The van der Waals surface area contributed by atoms with Gasteiger partial charge in [0.05, 0.1) is 6.04 Å².